The number of hydrogen-bond acceptors (Lipinski definition) is 2. The molecule has 0 saturated carbocycles. The molecule has 4 heteroatoms. The van der Waals surface area contributed by atoms with Crippen LogP contribution in [0.2, 0.25) is 0 Å². The second-order valence-corrected chi connectivity index (χ2v) is 6.49. The zero-order chi connectivity index (χ0) is 14.8. The van der Waals surface area contributed by atoms with Gasteiger partial charge in [0, 0.05) is 20.1 Å². The number of nitrogens with one attached hydrogen (secondary N) is 2. The molecule has 1 aliphatic rings. The Kier molecular flexibility index (Phi) is 8.67. The lowest BCUT2D eigenvalue weighted by atomic mass is 9.99. The lowest BCUT2D eigenvalue weighted by molar-refractivity contribution is 0.191. The molecule has 2 N–H and O–H groups in total. The molecule has 0 atom stereocenters. The fourth-order valence-corrected chi connectivity index (χ4v) is 2.49. The van der Waals surface area contributed by atoms with Crippen LogP contribution >= 0.6 is 0 Å². The normalized spacial score (nSPS) is 18.6. The zero-order valence-corrected chi connectivity index (χ0v) is 13.9. The number of likely N-dealkylation sites (tertiary alicyclic amines) is 1. The Hall–Kier alpha value is -0.770. The molecule has 1 saturated heterocycles. The average Bonchev–Trinajstić information content (AvgIpc) is 2.43. The maximum Gasteiger partial charge on any atom is 0.190 e. The molecule has 0 unspecified atom stereocenters. The molecule has 0 aromatic heterocycles. The highest BCUT2D eigenvalue weighted by atomic mass is 15.2. The van der Waals surface area contributed by atoms with E-state index in [0.717, 1.165) is 30.9 Å². The summed E-state index contributed by atoms with van der Waals surface area (Å²) in [5, 5.41) is 6.77. The van der Waals surface area contributed by atoms with Crippen molar-refractivity contribution in [3.63, 3.8) is 0 Å². The molecule has 4 nitrogen and oxygen atoms in total. The van der Waals surface area contributed by atoms with E-state index in [9.17, 15) is 0 Å². The molecule has 20 heavy (non-hydrogen) atoms. The number of rotatable bonds is 7. The topological polar surface area (TPSA) is 39.7 Å². The summed E-state index contributed by atoms with van der Waals surface area (Å²) in [4.78, 5) is 6.85. The standard InChI is InChI=1S/C16H34N4/c1-14(2)6-10-19-16(17-4)18-9-5-11-20-12-7-15(3)8-13-20/h14-15H,5-13H2,1-4H3,(H2,17,18,19). The summed E-state index contributed by atoms with van der Waals surface area (Å²) in [5.41, 5.74) is 0. The second-order valence-electron chi connectivity index (χ2n) is 6.49. The van der Waals surface area contributed by atoms with Crippen molar-refractivity contribution in [1.29, 1.82) is 0 Å². The summed E-state index contributed by atoms with van der Waals surface area (Å²) >= 11 is 0. The summed E-state index contributed by atoms with van der Waals surface area (Å²) in [6.07, 6.45) is 5.11. The third-order valence-corrected chi connectivity index (χ3v) is 4.06. The van der Waals surface area contributed by atoms with Gasteiger partial charge >= 0.3 is 0 Å². The van der Waals surface area contributed by atoms with Crippen molar-refractivity contribution in [2.75, 3.05) is 39.8 Å². The van der Waals surface area contributed by atoms with Crippen LogP contribution in [0.4, 0.5) is 0 Å². The molecule has 1 heterocycles. The van der Waals surface area contributed by atoms with Crippen LogP contribution in [0.15, 0.2) is 4.99 Å². The largest absolute Gasteiger partial charge is 0.356 e. The minimum atomic E-state index is 0.738. The quantitative estimate of drug-likeness (QED) is 0.428. The SMILES string of the molecule is CN=C(NCCCN1CCC(C)CC1)NCCC(C)C. The number of piperidine rings is 1. The molecule has 0 aliphatic carbocycles. The van der Waals surface area contributed by atoms with E-state index in [1.807, 2.05) is 7.05 Å². The fourth-order valence-electron chi connectivity index (χ4n) is 2.49. The molecule has 0 aromatic carbocycles. The summed E-state index contributed by atoms with van der Waals surface area (Å²) in [6, 6.07) is 0. The predicted molar refractivity (Wildman–Crippen MR) is 88.3 cm³/mol. The van der Waals surface area contributed by atoms with Crippen molar-refractivity contribution < 1.29 is 0 Å². The minimum absolute atomic E-state index is 0.738. The van der Waals surface area contributed by atoms with Gasteiger partial charge in [0.2, 0.25) is 0 Å². The van der Waals surface area contributed by atoms with Crippen LogP contribution in [0.3, 0.4) is 0 Å². The first-order chi connectivity index (χ1) is 9.61. The first-order valence-electron chi connectivity index (χ1n) is 8.28. The smallest absolute Gasteiger partial charge is 0.190 e. The van der Waals surface area contributed by atoms with Crippen molar-refractivity contribution in [2.45, 2.75) is 46.5 Å². The molecule has 0 amide bonds. The molecular weight excluding hydrogens is 248 g/mol. The van der Waals surface area contributed by atoms with E-state index in [-0.39, 0.29) is 0 Å². The molecular formula is C16H34N4. The average molecular weight is 282 g/mol. The minimum Gasteiger partial charge on any atom is -0.356 e. The maximum absolute atomic E-state index is 4.26. The van der Waals surface area contributed by atoms with E-state index < -0.39 is 0 Å². The highest BCUT2D eigenvalue weighted by Gasteiger charge is 2.14. The van der Waals surface area contributed by atoms with Crippen LogP contribution in [-0.4, -0.2) is 50.6 Å². The third kappa shape index (κ3) is 7.73. The first kappa shape index (κ1) is 17.3. The van der Waals surface area contributed by atoms with Crippen LogP contribution in [0.1, 0.15) is 46.5 Å². The predicted octanol–water partition coefficient (Wildman–Crippen LogP) is 2.32. The maximum atomic E-state index is 4.26. The van der Waals surface area contributed by atoms with Crippen LogP contribution in [0.5, 0.6) is 0 Å². The van der Waals surface area contributed by atoms with Gasteiger partial charge in [-0.2, -0.15) is 0 Å². The van der Waals surface area contributed by atoms with E-state index in [0.29, 0.717) is 0 Å². The Balaban J connectivity index is 2.04. The number of guanidine groups is 1. The van der Waals surface area contributed by atoms with Gasteiger partial charge in [0.25, 0.3) is 0 Å². The van der Waals surface area contributed by atoms with E-state index >= 15 is 0 Å². The Morgan fingerprint density at radius 3 is 2.45 bits per heavy atom. The third-order valence-electron chi connectivity index (χ3n) is 4.06. The lowest BCUT2D eigenvalue weighted by Crippen LogP contribution is -2.40. The molecule has 1 rings (SSSR count). The van der Waals surface area contributed by atoms with E-state index in [2.05, 4.69) is 41.3 Å². The Labute approximate surface area is 125 Å². The highest BCUT2D eigenvalue weighted by molar-refractivity contribution is 5.79. The van der Waals surface area contributed by atoms with Gasteiger partial charge in [0.1, 0.15) is 0 Å². The van der Waals surface area contributed by atoms with Crippen molar-refractivity contribution in [2.24, 2.45) is 16.8 Å². The van der Waals surface area contributed by atoms with E-state index in [1.165, 1.54) is 45.3 Å². The molecule has 0 aromatic rings. The van der Waals surface area contributed by atoms with E-state index in [4.69, 9.17) is 0 Å². The van der Waals surface area contributed by atoms with Crippen LogP contribution < -0.4 is 10.6 Å². The summed E-state index contributed by atoms with van der Waals surface area (Å²) in [7, 11) is 1.84. The Bertz CT molecular complexity index is 268. The number of hydrogen-bond donors (Lipinski definition) is 2. The fraction of sp³-hybridized carbons (Fsp3) is 0.938. The van der Waals surface area contributed by atoms with Gasteiger partial charge in [-0.1, -0.05) is 20.8 Å². The Morgan fingerprint density at radius 1 is 1.20 bits per heavy atom. The number of aliphatic imine (C=N–C) groups is 1. The monoisotopic (exact) mass is 282 g/mol. The van der Waals surface area contributed by atoms with Gasteiger partial charge < -0.3 is 15.5 Å². The molecule has 0 radical (unpaired) electrons. The van der Waals surface area contributed by atoms with Crippen molar-refractivity contribution >= 4 is 5.96 Å². The Morgan fingerprint density at radius 2 is 1.85 bits per heavy atom. The molecule has 0 bridgehead atoms. The zero-order valence-electron chi connectivity index (χ0n) is 13.9. The van der Waals surface area contributed by atoms with Gasteiger partial charge in [-0.05, 0) is 57.2 Å². The van der Waals surface area contributed by atoms with Crippen LogP contribution in [0.25, 0.3) is 0 Å². The molecule has 1 aliphatic heterocycles. The second kappa shape index (κ2) is 10.0. The first-order valence-corrected chi connectivity index (χ1v) is 8.28. The van der Waals surface area contributed by atoms with Crippen LogP contribution in [-0.2, 0) is 0 Å². The van der Waals surface area contributed by atoms with Gasteiger partial charge in [0.15, 0.2) is 5.96 Å². The summed E-state index contributed by atoms with van der Waals surface area (Å²) < 4.78 is 0. The molecule has 1 fully saturated rings. The van der Waals surface area contributed by atoms with Gasteiger partial charge in [-0.25, -0.2) is 0 Å². The van der Waals surface area contributed by atoms with Gasteiger partial charge in [0.05, 0.1) is 0 Å². The molecule has 0 spiro atoms. The summed E-state index contributed by atoms with van der Waals surface area (Å²) in [5.74, 6) is 2.60. The molecule has 118 valence electrons. The van der Waals surface area contributed by atoms with Gasteiger partial charge in [-0.15, -0.1) is 0 Å². The van der Waals surface area contributed by atoms with Crippen molar-refractivity contribution in [3.8, 4) is 0 Å². The number of nitrogens with zero attached hydrogens (tertiary/aromatic N) is 2. The van der Waals surface area contributed by atoms with E-state index in [1.54, 1.807) is 0 Å². The van der Waals surface area contributed by atoms with Gasteiger partial charge in [-0.3, -0.25) is 4.99 Å². The summed E-state index contributed by atoms with van der Waals surface area (Å²) in [6.45, 7) is 12.6. The van der Waals surface area contributed by atoms with Crippen LogP contribution in [0, 0.1) is 11.8 Å². The highest BCUT2D eigenvalue weighted by Crippen LogP contribution is 2.15. The van der Waals surface area contributed by atoms with Crippen molar-refractivity contribution in [1.82, 2.24) is 15.5 Å². The lowest BCUT2D eigenvalue weighted by Gasteiger charge is -2.30. The van der Waals surface area contributed by atoms with Crippen molar-refractivity contribution in [3.05, 3.63) is 0 Å².